The molecule has 4 aromatic rings. The number of tetrazole rings is 1. The SMILES string of the molecule is Cc1cc(C)c2cc(C(c3nnnn3C3CCCC3)N3CCN(Cc4ccc5c(c4)OCO5)CC3)c(=O)[nH]c2c1. The van der Waals surface area contributed by atoms with E-state index in [2.05, 4.69) is 68.4 Å². The van der Waals surface area contributed by atoms with Crippen LogP contribution in [0.4, 0.5) is 0 Å². The molecule has 4 heterocycles. The molecule has 2 fully saturated rings. The van der Waals surface area contributed by atoms with Crippen LogP contribution in [0.15, 0.2) is 41.2 Å². The van der Waals surface area contributed by atoms with Crippen LogP contribution in [0.5, 0.6) is 11.5 Å². The molecule has 2 aliphatic heterocycles. The standard InChI is InChI=1S/C30H35N7O3/c1-19-13-20(2)23-16-24(30(38)31-25(23)14-19)28(29-32-33-34-37(29)22-5-3-4-6-22)36-11-9-35(10-12-36)17-21-7-8-26-27(15-21)40-18-39-26/h7-8,13-16,22,28H,3-6,9-12,17-18H2,1-2H3,(H,31,38). The van der Waals surface area contributed by atoms with Crippen molar-refractivity contribution >= 4 is 10.9 Å². The maximum Gasteiger partial charge on any atom is 0.253 e. The molecule has 0 radical (unpaired) electrons. The molecule has 1 atom stereocenters. The molecule has 10 heteroatoms. The molecule has 40 heavy (non-hydrogen) atoms. The highest BCUT2D eigenvalue weighted by Gasteiger charge is 2.35. The van der Waals surface area contributed by atoms with Crippen LogP contribution in [0.2, 0.25) is 0 Å². The van der Waals surface area contributed by atoms with Crippen molar-refractivity contribution in [1.29, 1.82) is 0 Å². The van der Waals surface area contributed by atoms with Crippen molar-refractivity contribution in [2.24, 2.45) is 0 Å². The summed E-state index contributed by atoms with van der Waals surface area (Å²) in [6.45, 7) is 8.63. The third-order valence-corrected chi connectivity index (χ3v) is 8.68. The second-order valence-corrected chi connectivity index (χ2v) is 11.4. The molecule has 2 aromatic heterocycles. The molecule has 2 aromatic carbocycles. The van der Waals surface area contributed by atoms with Crippen LogP contribution in [0.25, 0.3) is 10.9 Å². The van der Waals surface area contributed by atoms with Crippen molar-refractivity contribution in [3.05, 3.63) is 74.8 Å². The highest BCUT2D eigenvalue weighted by molar-refractivity contribution is 5.83. The maximum absolute atomic E-state index is 13.7. The number of fused-ring (bicyclic) bond motifs is 2. The summed E-state index contributed by atoms with van der Waals surface area (Å²) in [7, 11) is 0. The van der Waals surface area contributed by atoms with Crippen molar-refractivity contribution < 1.29 is 9.47 Å². The largest absolute Gasteiger partial charge is 0.454 e. The molecule has 0 bridgehead atoms. The molecule has 3 aliphatic rings. The Morgan fingerprint density at radius 1 is 1.00 bits per heavy atom. The first-order valence-corrected chi connectivity index (χ1v) is 14.3. The van der Waals surface area contributed by atoms with Crippen LogP contribution < -0.4 is 15.0 Å². The third kappa shape index (κ3) is 4.65. The number of ether oxygens (including phenoxy) is 2. The Balaban J connectivity index is 1.20. The summed E-state index contributed by atoms with van der Waals surface area (Å²) in [4.78, 5) is 21.7. The van der Waals surface area contributed by atoms with Gasteiger partial charge in [0.25, 0.3) is 5.56 Å². The normalized spacial score (nSPS) is 19.1. The number of aryl methyl sites for hydroxylation is 2. The van der Waals surface area contributed by atoms with Gasteiger partial charge in [0.1, 0.15) is 6.04 Å². The van der Waals surface area contributed by atoms with Gasteiger partial charge in [-0.3, -0.25) is 14.6 Å². The Hall–Kier alpha value is -3.76. The Morgan fingerprint density at radius 3 is 2.62 bits per heavy atom. The molecule has 1 unspecified atom stereocenters. The Bertz CT molecular complexity index is 1600. The molecular weight excluding hydrogens is 506 g/mol. The number of aromatic nitrogens is 5. The lowest BCUT2D eigenvalue weighted by molar-refractivity contribution is 0.0988. The first-order chi connectivity index (χ1) is 19.5. The van der Waals surface area contributed by atoms with Gasteiger partial charge in [-0.05, 0) is 78.1 Å². The first-order valence-electron chi connectivity index (χ1n) is 14.3. The molecule has 1 saturated heterocycles. The van der Waals surface area contributed by atoms with E-state index in [0.717, 1.165) is 84.9 Å². The average molecular weight is 542 g/mol. The number of rotatable bonds is 6. The van der Waals surface area contributed by atoms with E-state index in [-0.39, 0.29) is 24.4 Å². The lowest BCUT2D eigenvalue weighted by Gasteiger charge is -2.39. The number of pyridine rings is 1. The summed E-state index contributed by atoms with van der Waals surface area (Å²) in [5, 5.41) is 14.2. The van der Waals surface area contributed by atoms with Gasteiger partial charge in [0.05, 0.1) is 6.04 Å². The molecular formula is C30H35N7O3. The molecule has 7 rings (SSSR count). The number of piperazine rings is 1. The Labute approximate surface area is 232 Å². The topological polar surface area (TPSA) is 101 Å². The van der Waals surface area contributed by atoms with Gasteiger partial charge < -0.3 is 14.5 Å². The van der Waals surface area contributed by atoms with Crippen molar-refractivity contribution in [1.82, 2.24) is 35.0 Å². The van der Waals surface area contributed by atoms with Crippen LogP contribution in [0, 0.1) is 13.8 Å². The number of hydrogen-bond acceptors (Lipinski definition) is 8. The fraction of sp³-hybridized carbons (Fsp3) is 0.467. The van der Waals surface area contributed by atoms with E-state index in [1.54, 1.807) is 0 Å². The minimum Gasteiger partial charge on any atom is -0.454 e. The van der Waals surface area contributed by atoms with E-state index in [1.165, 1.54) is 18.4 Å². The Kier molecular flexibility index (Phi) is 6.51. The van der Waals surface area contributed by atoms with Gasteiger partial charge in [-0.15, -0.1) is 5.10 Å². The van der Waals surface area contributed by atoms with E-state index < -0.39 is 0 Å². The number of nitrogens with one attached hydrogen (secondary N) is 1. The Morgan fingerprint density at radius 2 is 1.80 bits per heavy atom. The molecule has 0 spiro atoms. The average Bonchev–Trinajstić information content (AvgIpc) is 3.72. The third-order valence-electron chi connectivity index (χ3n) is 8.68. The zero-order valence-electron chi connectivity index (χ0n) is 23.1. The predicted molar refractivity (Wildman–Crippen MR) is 151 cm³/mol. The summed E-state index contributed by atoms with van der Waals surface area (Å²) in [5.74, 6) is 2.39. The van der Waals surface area contributed by atoms with Crippen molar-refractivity contribution in [2.75, 3.05) is 33.0 Å². The molecule has 0 amide bonds. The van der Waals surface area contributed by atoms with Gasteiger partial charge in [0.2, 0.25) is 6.79 Å². The van der Waals surface area contributed by atoms with E-state index in [9.17, 15) is 4.79 Å². The van der Waals surface area contributed by atoms with Crippen molar-refractivity contribution in [2.45, 2.75) is 58.2 Å². The van der Waals surface area contributed by atoms with Gasteiger partial charge in [-0.2, -0.15) is 0 Å². The van der Waals surface area contributed by atoms with Crippen LogP contribution in [0.3, 0.4) is 0 Å². The molecule has 10 nitrogen and oxygen atoms in total. The summed E-state index contributed by atoms with van der Waals surface area (Å²) >= 11 is 0. The minimum absolute atomic E-state index is 0.0775. The summed E-state index contributed by atoms with van der Waals surface area (Å²) in [6.07, 6.45) is 4.51. The number of aromatic amines is 1. The van der Waals surface area contributed by atoms with Gasteiger partial charge in [0.15, 0.2) is 17.3 Å². The second-order valence-electron chi connectivity index (χ2n) is 11.4. The maximum atomic E-state index is 13.7. The fourth-order valence-corrected chi connectivity index (χ4v) is 6.66. The highest BCUT2D eigenvalue weighted by Crippen LogP contribution is 2.35. The zero-order valence-corrected chi connectivity index (χ0v) is 23.1. The van der Waals surface area contributed by atoms with Crippen LogP contribution in [0.1, 0.15) is 65.8 Å². The van der Waals surface area contributed by atoms with Gasteiger partial charge in [-0.25, -0.2) is 4.68 Å². The number of benzene rings is 2. The summed E-state index contributed by atoms with van der Waals surface area (Å²) < 4.78 is 13.0. The second kappa shape index (κ2) is 10.3. The van der Waals surface area contributed by atoms with Gasteiger partial charge in [0, 0.05) is 49.2 Å². The van der Waals surface area contributed by atoms with E-state index in [0.29, 0.717) is 5.56 Å². The molecule has 1 N–H and O–H groups in total. The summed E-state index contributed by atoms with van der Waals surface area (Å²) in [6, 6.07) is 12.4. The van der Waals surface area contributed by atoms with E-state index >= 15 is 0 Å². The zero-order chi connectivity index (χ0) is 27.2. The van der Waals surface area contributed by atoms with Gasteiger partial charge in [-0.1, -0.05) is 25.0 Å². The number of hydrogen-bond donors (Lipinski definition) is 1. The highest BCUT2D eigenvalue weighted by atomic mass is 16.7. The van der Waals surface area contributed by atoms with Crippen LogP contribution in [-0.2, 0) is 6.54 Å². The van der Waals surface area contributed by atoms with E-state index in [1.807, 2.05) is 16.8 Å². The summed E-state index contributed by atoms with van der Waals surface area (Å²) in [5.41, 5.74) is 4.98. The molecule has 1 saturated carbocycles. The van der Waals surface area contributed by atoms with Gasteiger partial charge >= 0.3 is 0 Å². The van der Waals surface area contributed by atoms with Crippen molar-refractivity contribution in [3.63, 3.8) is 0 Å². The molecule has 208 valence electrons. The monoisotopic (exact) mass is 541 g/mol. The minimum atomic E-state index is -0.322. The van der Waals surface area contributed by atoms with Crippen LogP contribution in [-0.4, -0.2) is 68.0 Å². The number of nitrogens with zero attached hydrogens (tertiary/aromatic N) is 6. The lowest BCUT2D eigenvalue weighted by Crippen LogP contribution is -2.48. The smallest absolute Gasteiger partial charge is 0.253 e. The van der Waals surface area contributed by atoms with Crippen LogP contribution >= 0.6 is 0 Å². The lowest BCUT2D eigenvalue weighted by atomic mass is 9.99. The van der Waals surface area contributed by atoms with E-state index in [4.69, 9.17) is 9.47 Å². The fourth-order valence-electron chi connectivity index (χ4n) is 6.66. The first kappa shape index (κ1) is 25.2. The predicted octanol–water partition coefficient (Wildman–Crippen LogP) is 3.88. The number of H-pyrrole nitrogens is 1. The van der Waals surface area contributed by atoms with Crippen molar-refractivity contribution in [3.8, 4) is 11.5 Å². The quantitative estimate of drug-likeness (QED) is 0.393. The molecule has 1 aliphatic carbocycles.